The van der Waals surface area contributed by atoms with Gasteiger partial charge in [0, 0.05) is 5.92 Å². The van der Waals surface area contributed by atoms with Crippen molar-refractivity contribution in [3.05, 3.63) is 23.8 Å². The highest BCUT2D eigenvalue weighted by Crippen LogP contribution is 2.36. The van der Waals surface area contributed by atoms with E-state index in [0.29, 0.717) is 17.6 Å². The standard InChI is InChI=1S/C14H22O/c1-9(2)6-13-7-10(3)11(4)14(8-13)12(5)15/h7,11,13-14H,1,6,8H2,2-5H3. The third-order valence-electron chi connectivity index (χ3n) is 3.51. The normalized spacial score (nSPS) is 30.9. The maximum atomic E-state index is 11.5. The average Bonchev–Trinajstić information content (AvgIpc) is 2.09. The molecule has 0 aliphatic heterocycles. The first kappa shape index (κ1) is 12.2. The van der Waals surface area contributed by atoms with Crippen LogP contribution < -0.4 is 0 Å². The van der Waals surface area contributed by atoms with Crippen LogP contribution in [0.25, 0.3) is 0 Å². The van der Waals surface area contributed by atoms with Gasteiger partial charge in [-0.2, -0.15) is 0 Å². The SMILES string of the molecule is C=C(C)CC1C=C(C)C(C)C(C(C)=O)C1. The van der Waals surface area contributed by atoms with E-state index in [1.54, 1.807) is 6.92 Å². The number of Topliss-reactive ketones (excluding diaryl/α,β-unsaturated/α-hetero) is 1. The lowest BCUT2D eigenvalue weighted by Gasteiger charge is -2.31. The van der Waals surface area contributed by atoms with E-state index < -0.39 is 0 Å². The molecule has 0 aromatic rings. The Kier molecular flexibility index (Phi) is 3.90. The maximum absolute atomic E-state index is 11.5. The van der Waals surface area contributed by atoms with Gasteiger partial charge >= 0.3 is 0 Å². The minimum absolute atomic E-state index is 0.222. The predicted octanol–water partition coefficient (Wildman–Crippen LogP) is 3.76. The first-order valence-electron chi connectivity index (χ1n) is 5.75. The third-order valence-corrected chi connectivity index (χ3v) is 3.51. The van der Waals surface area contributed by atoms with E-state index in [2.05, 4.69) is 33.4 Å². The van der Waals surface area contributed by atoms with Gasteiger partial charge < -0.3 is 0 Å². The van der Waals surface area contributed by atoms with Crippen LogP contribution in [0.4, 0.5) is 0 Å². The molecule has 0 heterocycles. The van der Waals surface area contributed by atoms with Gasteiger partial charge in [0.15, 0.2) is 0 Å². The van der Waals surface area contributed by atoms with Crippen molar-refractivity contribution in [2.75, 3.05) is 0 Å². The number of ketones is 1. The van der Waals surface area contributed by atoms with Crippen LogP contribution >= 0.6 is 0 Å². The Morgan fingerprint density at radius 2 is 2.13 bits per heavy atom. The Hall–Kier alpha value is -0.850. The third kappa shape index (κ3) is 3.05. The van der Waals surface area contributed by atoms with Crippen molar-refractivity contribution < 1.29 is 4.79 Å². The van der Waals surface area contributed by atoms with Crippen LogP contribution in [0.1, 0.15) is 40.5 Å². The van der Waals surface area contributed by atoms with E-state index in [9.17, 15) is 4.79 Å². The van der Waals surface area contributed by atoms with Gasteiger partial charge in [0.1, 0.15) is 5.78 Å². The quantitative estimate of drug-likeness (QED) is 0.643. The van der Waals surface area contributed by atoms with E-state index in [1.165, 1.54) is 11.1 Å². The molecule has 1 aliphatic rings. The van der Waals surface area contributed by atoms with Crippen molar-refractivity contribution in [3.63, 3.8) is 0 Å². The first-order valence-corrected chi connectivity index (χ1v) is 5.75. The van der Waals surface area contributed by atoms with Crippen molar-refractivity contribution in [1.82, 2.24) is 0 Å². The molecule has 0 spiro atoms. The first-order chi connectivity index (χ1) is 6.91. The molecule has 1 nitrogen and oxygen atoms in total. The summed E-state index contributed by atoms with van der Waals surface area (Å²) < 4.78 is 0. The van der Waals surface area contributed by atoms with Crippen molar-refractivity contribution in [3.8, 4) is 0 Å². The van der Waals surface area contributed by atoms with Crippen LogP contribution in [0.5, 0.6) is 0 Å². The number of hydrogen-bond acceptors (Lipinski definition) is 1. The molecule has 0 N–H and O–H groups in total. The van der Waals surface area contributed by atoms with E-state index in [1.807, 2.05) is 0 Å². The smallest absolute Gasteiger partial charge is 0.133 e. The minimum Gasteiger partial charge on any atom is -0.300 e. The molecule has 0 saturated carbocycles. The Bertz CT molecular complexity index is 298. The summed E-state index contributed by atoms with van der Waals surface area (Å²) in [4.78, 5) is 11.5. The summed E-state index contributed by atoms with van der Waals surface area (Å²) in [5.74, 6) is 1.50. The molecular formula is C14H22O. The average molecular weight is 206 g/mol. The predicted molar refractivity (Wildman–Crippen MR) is 64.6 cm³/mol. The molecule has 0 radical (unpaired) electrons. The van der Waals surface area contributed by atoms with Crippen LogP contribution in [0.3, 0.4) is 0 Å². The van der Waals surface area contributed by atoms with Gasteiger partial charge in [0.2, 0.25) is 0 Å². The highest BCUT2D eigenvalue weighted by molar-refractivity contribution is 5.79. The minimum atomic E-state index is 0.222. The van der Waals surface area contributed by atoms with Crippen molar-refractivity contribution in [2.45, 2.75) is 40.5 Å². The van der Waals surface area contributed by atoms with Crippen molar-refractivity contribution in [2.24, 2.45) is 17.8 Å². The molecule has 0 bridgehead atoms. The van der Waals surface area contributed by atoms with Gasteiger partial charge in [-0.15, -0.1) is 6.58 Å². The zero-order valence-electron chi connectivity index (χ0n) is 10.3. The fraction of sp³-hybridized carbons (Fsp3) is 0.643. The fourth-order valence-corrected chi connectivity index (χ4v) is 2.55. The van der Waals surface area contributed by atoms with Gasteiger partial charge in [-0.3, -0.25) is 4.79 Å². The maximum Gasteiger partial charge on any atom is 0.133 e. The second-order valence-corrected chi connectivity index (χ2v) is 5.07. The topological polar surface area (TPSA) is 17.1 Å². The highest BCUT2D eigenvalue weighted by atomic mass is 16.1. The fourth-order valence-electron chi connectivity index (χ4n) is 2.55. The van der Waals surface area contributed by atoms with E-state index in [4.69, 9.17) is 0 Å². The molecule has 0 saturated heterocycles. The zero-order valence-corrected chi connectivity index (χ0v) is 10.3. The molecule has 1 rings (SSSR count). The Morgan fingerprint density at radius 1 is 1.53 bits per heavy atom. The molecule has 1 heteroatoms. The largest absolute Gasteiger partial charge is 0.300 e. The summed E-state index contributed by atoms with van der Waals surface area (Å²) in [6, 6.07) is 0. The Labute approximate surface area is 93.3 Å². The molecule has 3 atom stereocenters. The van der Waals surface area contributed by atoms with E-state index in [0.717, 1.165) is 12.8 Å². The molecule has 0 fully saturated rings. The van der Waals surface area contributed by atoms with Crippen LogP contribution in [-0.4, -0.2) is 5.78 Å². The van der Waals surface area contributed by atoms with Crippen LogP contribution in [0.15, 0.2) is 23.8 Å². The van der Waals surface area contributed by atoms with Crippen LogP contribution in [-0.2, 0) is 4.79 Å². The highest BCUT2D eigenvalue weighted by Gasteiger charge is 2.29. The number of carbonyl (C=O) groups excluding carboxylic acids is 1. The number of carbonyl (C=O) groups is 1. The van der Waals surface area contributed by atoms with Crippen molar-refractivity contribution in [1.29, 1.82) is 0 Å². The number of rotatable bonds is 3. The van der Waals surface area contributed by atoms with E-state index >= 15 is 0 Å². The molecule has 1 aliphatic carbocycles. The van der Waals surface area contributed by atoms with Gasteiger partial charge in [-0.25, -0.2) is 0 Å². The van der Waals surface area contributed by atoms with Gasteiger partial charge in [0.05, 0.1) is 0 Å². The second-order valence-electron chi connectivity index (χ2n) is 5.07. The lowest BCUT2D eigenvalue weighted by Crippen LogP contribution is -2.27. The van der Waals surface area contributed by atoms with Gasteiger partial charge in [-0.1, -0.05) is 24.1 Å². The summed E-state index contributed by atoms with van der Waals surface area (Å²) >= 11 is 0. The molecule has 3 unspecified atom stereocenters. The molecule has 0 aromatic carbocycles. The Balaban J connectivity index is 2.80. The zero-order chi connectivity index (χ0) is 11.6. The number of hydrogen-bond donors (Lipinski definition) is 0. The summed E-state index contributed by atoms with van der Waals surface area (Å²) in [5, 5.41) is 0. The van der Waals surface area contributed by atoms with Gasteiger partial charge in [-0.05, 0) is 45.4 Å². The second kappa shape index (κ2) is 4.78. The molecule has 15 heavy (non-hydrogen) atoms. The monoisotopic (exact) mass is 206 g/mol. The molecule has 0 amide bonds. The molecule has 84 valence electrons. The summed E-state index contributed by atoms with van der Waals surface area (Å²) in [5.41, 5.74) is 2.58. The van der Waals surface area contributed by atoms with Crippen molar-refractivity contribution >= 4 is 5.78 Å². The number of allylic oxidation sites excluding steroid dienone is 3. The van der Waals surface area contributed by atoms with Gasteiger partial charge in [0.25, 0.3) is 0 Å². The molecular weight excluding hydrogens is 184 g/mol. The van der Waals surface area contributed by atoms with Crippen LogP contribution in [0.2, 0.25) is 0 Å². The summed E-state index contributed by atoms with van der Waals surface area (Å²) in [6.45, 7) is 12.0. The lowest BCUT2D eigenvalue weighted by molar-refractivity contribution is -0.122. The molecule has 0 aromatic heterocycles. The Morgan fingerprint density at radius 3 is 2.60 bits per heavy atom. The lowest BCUT2D eigenvalue weighted by atomic mass is 9.72. The summed E-state index contributed by atoms with van der Waals surface area (Å²) in [6.07, 6.45) is 4.35. The summed E-state index contributed by atoms with van der Waals surface area (Å²) in [7, 11) is 0. The van der Waals surface area contributed by atoms with E-state index in [-0.39, 0.29) is 5.92 Å². The van der Waals surface area contributed by atoms with Crippen LogP contribution in [0, 0.1) is 17.8 Å².